The Morgan fingerprint density at radius 3 is 2.93 bits per heavy atom. The summed E-state index contributed by atoms with van der Waals surface area (Å²) in [6.07, 6.45) is 2.43. The predicted molar refractivity (Wildman–Crippen MR) is 57.9 cm³/mol. The molecule has 3 nitrogen and oxygen atoms in total. The quantitative estimate of drug-likeness (QED) is 0.794. The number of benzene rings is 1. The standard InChI is InChI=1S/C11H7ClO3/c12-8-1-3-10-7(5-8)6-9(15-10)2-4-11(13)14/h1-6H,(H,13,14)/b4-2+. The molecule has 0 saturated carbocycles. The molecule has 0 radical (unpaired) electrons. The molecule has 0 aliphatic carbocycles. The Morgan fingerprint density at radius 1 is 1.40 bits per heavy atom. The number of fused-ring (bicyclic) bond motifs is 1. The number of carboxylic acids is 1. The van der Waals surface area contributed by atoms with Crippen molar-refractivity contribution >= 4 is 34.6 Å². The van der Waals surface area contributed by atoms with Gasteiger partial charge in [0.25, 0.3) is 0 Å². The van der Waals surface area contributed by atoms with Crippen molar-refractivity contribution in [1.29, 1.82) is 0 Å². The third kappa shape index (κ3) is 2.19. The summed E-state index contributed by atoms with van der Waals surface area (Å²) in [5.74, 6) is -0.511. The van der Waals surface area contributed by atoms with Gasteiger partial charge in [0.1, 0.15) is 11.3 Å². The van der Waals surface area contributed by atoms with Crippen LogP contribution in [-0.4, -0.2) is 11.1 Å². The maximum Gasteiger partial charge on any atom is 0.328 e. The van der Waals surface area contributed by atoms with Crippen LogP contribution in [0.25, 0.3) is 17.0 Å². The van der Waals surface area contributed by atoms with Crippen LogP contribution >= 0.6 is 11.6 Å². The zero-order valence-corrected chi connectivity index (χ0v) is 8.36. The zero-order chi connectivity index (χ0) is 10.8. The first-order chi connectivity index (χ1) is 7.15. The SMILES string of the molecule is O=C(O)/C=C/c1cc2cc(Cl)ccc2o1. The fourth-order valence-electron chi connectivity index (χ4n) is 1.27. The van der Waals surface area contributed by atoms with Crippen LogP contribution in [0.5, 0.6) is 0 Å². The van der Waals surface area contributed by atoms with Crippen molar-refractivity contribution in [3.8, 4) is 0 Å². The molecule has 0 amide bonds. The molecule has 1 N–H and O–H groups in total. The second-order valence-electron chi connectivity index (χ2n) is 3.00. The lowest BCUT2D eigenvalue weighted by atomic mass is 10.2. The first-order valence-corrected chi connectivity index (χ1v) is 4.63. The lowest BCUT2D eigenvalue weighted by molar-refractivity contribution is -0.131. The first-order valence-electron chi connectivity index (χ1n) is 4.25. The van der Waals surface area contributed by atoms with Gasteiger partial charge in [-0.15, -0.1) is 0 Å². The van der Waals surface area contributed by atoms with Gasteiger partial charge in [-0.3, -0.25) is 0 Å². The largest absolute Gasteiger partial charge is 0.478 e. The van der Waals surface area contributed by atoms with E-state index in [-0.39, 0.29) is 0 Å². The summed E-state index contributed by atoms with van der Waals surface area (Å²) >= 11 is 5.80. The van der Waals surface area contributed by atoms with Gasteiger partial charge in [0.05, 0.1) is 0 Å². The van der Waals surface area contributed by atoms with E-state index in [2.05, 4.69) is 0 Å². The van der Waals surface area contributed by atoms with Gasteiger partial charge in [-0.05, 0) is 30.3 Å². The molecule has 1 aromatic heterocycles. The number of hydrogen-bond donors (Lipinski definition) is 1. The summed E-state index contributed by atoms with van der Waals surface area (Å²) in [6.45, 7) is 0. The molecule has 2 rings (SSSR count). The topological polar surface area (TPSA) is 50.4 Å². The van der Waals surface area contributed by atoms with Crippen molar-refractivity contribution in [1.82, 2.24) is 0 Å². The minimum atomic E-state index is -1.01. The van der Waals surface area contributed by atoms with Crippen molar-refractivity contribution in [2.75, 3.05) is 0 Å². The summed E-state index contributed by atoms with van der Waals surface area (Å²) in [7, 11) is 0. The number of rotatable bonds is 2. The van der Waals surface area contributed by atoms with Crippen LogP contribution in [0.3, 0.4) is 0 Å². The highest BCUT2D eigenvalue weighted by Crippen LogP contribution is 2.23. The van der Waals surface area contributed by atoms with E-state index in [4.69, 9.17) is 21.1 Å². The third-order valence-electron chi connectivity index (χ3n) is 1.89. The number of aliphatic carboxylic acids is 1. The van der Waals surface area contributed by atoms with Gasteiger partial charge in [-0.2, -0.15) is 0 Å². The normalized spacial score (nSPS) is 11.3. The molecule has 76 valence electrons. The Bertz CT molecular complexity index is 540. The number of halogens is 1. The van der Waals surface area contributed by atoms with Crippen molar-refractivity contribution in [3.05, 3.63) is 41.1 Å². The van der Waals surface area contributed by atoms with Crippen LogP contribution in [0.2, 0.25) is 5.02 Å². The van der Waals surface area contributed by atoms with Crippen LogP contribution in [0.1, 0.15) is 5.76 Å². The van der Waals surface area contributed by atoms with Crippen LogP contribution in [0.15, 0.2) is 34.8 Å². The third-order valence-corrected chi connectivity index (χ3v) is 2.12. The molecular formula is C11H7ClO3. The molecule has 0 atom stereocenters. The first kappa shape index (κ1) is 9.80. The maximum absolute atomic E-state index is 10.3. The van der Waals surface area contributed by atoms with Gasteiger partial charge in [0.15, 0.2) is 0 Å². The highest BCUT2D eigenvalue weighted by molar-refractivity contribution is 6.31. The maximum atomic E-state index is 10.3. The van der Waals surface area contributed by atoms with E-state index in [9.17, 15) is 4.79 Å². The fourth-order valence-corrected chi connectivity index (χ4v) is 1.45. The van der Waals surface area contributed by atoms with E-state index >= 15 is 0 Å². The van der Waals surface area contributed by atoms with E-state index in [0.717, 1.165) is 11.5 Å². The molecule has 0 unspecified atom stereocenters. The number of hydrogen-bond acceptors (Lipinski definition) is 2. The molecule has 0 fully saturated rings. The second-order valence-corrected chi connectivity index (χ2v) is 3.44. The average Bonchev–Trinajstić information content (AvgIpc) is 2.56. The molecule has 1 aromatic carbocycles. The highest BCUT2D eigenvalue weighted by atomic mass is 35.5. The molecule has 0 aliphatic rings. The summed E-state index contributed by atoms with van der Waals surface area (Å²) in [5.41, 5.74) is 0.685. The lowest BCUT2D eigenvalue weighted by Gasteiger charge is -1.87. The highest BCUT2D eigenvalue weighted by Gasteiger charge is 2.01. The monoisotopic (exact) mass is 222 g/mol. The predicted octanol–water partition coefficient (Wildman–Crippen LogP) is 3.18. The Hall–Kier alpha value is -1.74. The number of carbonyl (C=O) groups is 1. The lowest BCUT2D eigenvalue weighted by Crippen LogP contribution is -1.84. The molecular weight excluding hydrogens is 216 g/mol. The molecule has 4 heteroatoms. The fraction of sp³-hybridized carbons (Fsp3) is 0. The van der Waals surface area contributed by atoms with E-state index in [1.54, 1.807) is 24.3 Å². The molecule has 1 heterocycles. The molecule has 2 aromatic rings. The van der Waals surface area contributed by atoms with Gasteiger partial charge in [0.2, 0.25) is 0 Å². The van der Waals surface area contributed by atoms with Crippen molar-refractivity contribution < 1.29 is 14.3 Å². The second kappa shape index (κ2) is 3.79. The van der Waals surface area contributed by atoms with Crippen LogP contribution in [0.4, 0.5) is 0 Å². The Labute approximate surface area is 90.6 Å². The van der Waals surface area contributed by atoms with Gasteiger partial charge < -0.3 is 9.52 Å². The summed E-state index contributed by atoms with van der Waals surface area (Å²) in [5, 5.41) is 9.92. The molecule has 0 bridgehead atoms. The number of carboxylic acid groups (broad SMARTS) is 1. The Morgan fingerprint density at radius 2 is 2.20 bits per heavy atom. The molecule has 15 heavy (non-hydrogen) atoms. The van der Waals surface area contributed by atoms with E-state index < -0.39 is 5.97 Å². The Balaban J connectivity index is 2.43. The van der Waals surface area contributed by atoms with Crippen LogP contribution in [-0.2, 0) is 4.79 Å². The van der Waals surface area contributed by atoms with Crippen molar-refractivity contribution in [2.45, 2.75) is 0 Å². The van der Waals surface area contributed by atoms with Gasteiger partial charge in [-0.25, -0.2) is 4.79 Å². The zero-order valence-electron chi connectivity index (χ0n) is 7.61. The molecule has 0 aliphatic heterocycles. The minimum Gasteiger partial charge on any atom is -0.478 e. The summed E-state index contributed by atoms with van der Waals surface area (Å²) in [4.78, 5) is 10.3. The summed E-state index contributed by atoms with van der Waals surface area (Å²) < 4.78 is 5.36. The van der Waals surface area contributed by atoms with E-state index in [1.165, 1.54) is 6.08 Å². The molecule has 0 saturated heterocycles. The Kier molecular flexibility index (Phi) is 2.47. The van der Waals surface area contributed by atoms with Crippen LogP contribution in [0, 0.1) is 0 Å². The van der Waals surface area contributed by atoms with Gasteiger partial charge in [0, 0.05) is 16.5 Å². The average molecular weight is 223 g/mol. The van der Waals surface area contributed by atoms with E-state index in [0.29, 0.717) is 16.4 Å². The molecule has 0 spiro atoms. The van der Waals surface area contributed by atoms with Gasteiger partial charge >= 0.3 is 5.97 Å². The van der Waals surface area contributed by atoms with Crippen LogP contribution < -0.4 is 0 Å². The smallest absolute Gasteiger partial charge is 0.328 e. The number of furan rings is 1. The van der Waals surface area contributed by atoms with Crippen molar-refractivity contribution in [2.24, 2.45) is 0 Å². The van der Waals surface area contributed by atoms with E-state index in [1.807, 2.05) is 0 Å². The van der Waals surface area contributed by atoms with Gasteiger partial charge in [-0.1, -0.05) is 11.6 Å². The summed E-state index contributed by atoms with van der Waals surface area (Å²) in [6, 6.07) is 6.97. The minimum absolute atomic E-state index is 0.495. The van der Waals surface area contributed by atoms with Crippen molar-refractivity contribution in [3.63, 3.8) is 0 Å².